The highest BCUT2D eigenvalue weighted by Crippen LogP contribution is 2.33. The Morgan fingerprint density at radius 2 is 1.80 bits per heavy atom. The second kappa shape index (κ2) is 5.42. The number of benzene rings is 2. The molecule has 0 spiro atoms. The van der Waals surface area contributed by atoms with Crippen LogP contribution >= 0.6 is 27.3 Å². The molecule has 3 aromatic rings. The second-order valence-corrected chi connectivity index (χ2v) is 5.85. The van der Waals surface area contributed by atoms with Crippen molar-refractivity contribution < 1.29 is 8.78 Å². The van der Waals surface area contributed by atoms with Gasteiger partial charge in [0.25, 0.3) is 0 Å². The maximum absolute atomic E-state index is 13.7. The van der Waals surface area contributed by atoms with Crippen molar-refractivity contribution in [3.63, 3.8) is 0 Å². The quantitative estimate of drug-likeness (QED) is 0.592. The first kappa shape index (κ1) is 13.4. The van der Waals surface area contributed by atoms with Crippen LogP contribution < -0.4 is 0 Å². The van der Waals surface area contributed by atoms with Gasteiger partial charge in [0.1, 0.15) is 16.6 Å². The molecule has 0 amide bonds. The fraction of sp³-hybridized carbons (Fsp3) is 0. The van der Waals surface area contributed by atoms with E-state index in [0.29, 0.717) is 10.6 Å². The highest BCUT2D eigenvalue weighted by atomic mass is 79.9. The van der Waals surface area contributed by atoms with Crippen LogP contribution in [0.3, 0.4) is 0 Å². The summed E-state index contributed by atoms with van der Waals surface area (Å²) in [4.78, 5) is 4.43. The molecule has 1 nitrogen and oxygen atoms in total. The first-order valence-corrected chi connectivity index (χ1v) is 7.48. The zero-order chi connectivity index (χ0) is 14.1. The largest absolute Gasteiger partial charge is 0.236 e. The van der Waals surface area contributed by atoms with Gasteiger partial charge in [0.05, 0.1) is 5.69 Å². The normalized spacial score (nSPS) is 10.8. The predicted molar refractivity (Wildman–Crippen MR) is 80.6 cm³/mol. The Labute approximate surface area is 127 Å². The van der Waals surface area contributed by atoms with Gasteiger partial charge in [0, 0.05) is 27.0 Å². The van der Waals surface area contributed by atoms with Gasteiger partial charge in [-0.05, 0) is 18.2 Å². The van der Waals surface area contributed by atoms with Crippen molar-refractivity contribution in [1.82, 2.24) is 4.98 Å². The van der Waals surface area contributed by atoms with Crippen molar-refractivity contribution in [2.45, 2.75) is 0 Å². The maximum atomic E-state index is 13.7. The molecule has 5 heteroatoms. The van der Waals surface area contributed by atoms with Crippen molar-refractivity contribution in [2.75, 3.05) is 0 Å². The summed E-state index contributed by atoms with van der Waals surface area (Å²) in [7, 11) is 0. The van der Waals surface area contributed by atoms with E-state index in [2.05, 4.69) is 20.9 Å². The molecule has 0 fully saturated rings. The lowest BCUT2D eigenvalue weighted by Gasteiger charge is -2.00. The molecule has 0 radical (unpaired) electrons. The molecule has 0 atom stereocenters. The smallest absolute Gasteiger partial charge is 0.136 e. The molecule has 0 saturated carbocycles. The van der Waals surface area contributed by atoms with Crippen LogP contribution in [0.2, 0.25) is 0 Å². The van der Waals surface area contributed by atoms with Gasteiger partial charge in [0.2, 0.25) is 0 Å². The molecule has 0 saturated heterocycles. The van der Waals surface area contributed by atoms with Gasteiger partial charge in [0.15, 0.2) is 0 Å². The Morgan fingerprint density at radius 1 is 1.00 bits per heavy atom. The standard InChI is InChI=1S/C15H8BrF2NS/c16-12-4-2-1-3-10(12)14-8-20-15(19-14)11-6-5-9(17)7-13(11)18/h1-8H. The van der Waals surface area contributed by atoms with Crippen LogP contribution in [-0.2, 0) is 0 Å². The fourth-order valence-electron chi connectivity index (χ4n) is 1.85. The molecule has 0 aliphatic heterocycles. The average Bonchev–Trinajstić information content (AvgIpc) is 2.88. The summed E-state index contributed by atoms with van der Waals surface area (Å²) in [5.41, 5.74) is 2.02. The number of thiazole rings is 1. The lowest BCUT2D eigenvalue weighted by Crippen LogP contribution is -1.86. The Kier molecular flexibility index (Phi) is 3.63. The molecule has 3 rings (SSSR count). The predicted octanol–water partition coefficient (Wildman–Crippen LogP) is 5.52. The van der Waals surface area contributed by atoms with Gasteiger partial charge < -0.3 is 0 Å². The molecule has 0 N–H and O–H groups in total. The molecule has 20 heavy (non-hydrogen) atoms. The summed E-state index contributed by atoms with van der Waals surface area (Å²) in [5.74, 6) is -1.19. The van der Waals surface area contributed by atoms with Crippen molar-refractivity contribution >= 4 is 27.3 Å². The Bertz CT molecular complexity index is 770. The highest BCUT2D eigenvalue weighted by molar-refractivity contribution is 9.10. The Morgan fingerprint density at radius 3 is 2.55 bits per heavy atom. The topological polar surface area (TPSA) is 12.9 Å². The van der Waals surface area contributed by atoms with Crippen LogP contribution in [0.1, 0.15) is 0 Å². The van der Waals surface area contributed by atoms with Gasteiger partial charge in [-0.2, -0.15) is 0 Å². The number of aromatic nitrogens is 1. The molecular weight excluding hydrogens is 344 g/mol. The van der Waals surface area contributed by atoms with Gasteiger partial charge in [-0.1, -0.05) is 34.1 Å². The van der Waals surface area contributed by atoms with Crippen LogP contribution in [0.15, 0.2) is 52.3 Å². The van der Waals surface area contributed by atoms with Crippen molar-refractivity contribution in [2.24, 2.45) is 0 Å². The molecular formula is C15H8BrF2NS. The number of rotatable bonds is 2. The number of hydrogen-bond acceptors (Lipinski definition) is 2. The summed E-state index contributed by atoms with van der Waals surface area (Å²) in [5, 5.41) is 2.39. The zero-order valence-corrected chi connectivity index (χ0v) is 12.5. The van der Waals surface area contributed by atoms with Gasteiger partial charge in [-0.3, -0.25) is 0 Å². The minimum absolute atomic E-state index is 0.315. The number of halogens is 3. The Hall–Kier alpha value is -1.59. The minimum atomic E-state index is -0.599. The van der Waals surface area contributed by atoms with E-state index in [-0.39, 0.29) is 0 Å². The fourth-order valence-corrected chi connectivity index (χ4v) is 3.19. The Balaban J connectivity index is 2.04. The molecule has 2 aromatic carbocycles. The number of nitrogens with zero attached hydrogens (tertiary/aromatic N) is 1. The molecule has 0 bridgehead atoms. The van der Waals surface area contributed by atoms with E-state index < -0.39 is 11.6 Å². The van der Waals surface area contributed by atoms with Crippen LogP contribution in [0, 0.1) is 11.6 Å². The van der Waals surface area contributed by atoms with E-state index in [9.17, 15) is 8.78 Å². The summed E-state index contributed by atoms with van der Waals surface area (Å²) in [6, 6.07) is 11.2. The van der Waals surface area contributed by atoms with Crippen LogP contribution in [0.25, 0.3) is 21.8 Å². The first-order chi connectivity index (χ1) is 9.65. The third kappa shape index (κ3) is 2.51. The molecule has 1 aromatic heterocycles. The van der Waals surface area contributed by atoms with Gasteiger partial charge in [-0.25, -0.2) is 13.8 Å². The molecule has 0 aliphatic rings. The van der Waals surface area contributed by atoms with E-state index in [1.54, 1.807) is 0 Å². The first-order valence-electron chi connectivity index (χ1n) is 5.81. The molecule has 0 unspecified atom stereocenters. The molecule has 0 aliphatic carbocycles. The summed E-state index contributed by atoms with van der Waals surface area (Å²) < 4.78 is 27.6. The van der Waals surface area contributed by atoms with Gasteiger partial charge >= 0.3 is 0 Å². The van der Waals surface area contributed by atoms with Crippen molar-refractivity contribution in [1.29, 1.82) is 0 Å². The lowest BCUT2D eigenvalue weighted by atomic mass is 10.2. The SMILES string of the molecule is Fc1ccc(-c2nc(-c3ccccc3Br)cs2)c(F)c1. The van der Waals surface area contributed by atoms with Crippen molar-refractivity contribution in [3.8, 4) is 21.8 Å². The third-order valence-corrected chi connectivity index (χ3v) is 4.38. The maximum Gasteiger partial charge on any atom is 0.136 e. The second-order valence-electron chi connectivity index (χ2n) is 4.14. The van der Waals surface area contributed by atoms with Crippen LogP contribution in [0.4, 0.5) is 8.78 Å². The molecule has 100 valence electrons. The van der Waals surface area contributed by atoms with Gasteiger partial charge in [-0.15, -0.1) is 11.3 Å². The third-order valence-electron chi connectivity index (χ3n) is 2.82. The van der Waals surface area contributed by atoms with Crippen molar-refractivity contribution in [3.05, 3.63) is 64.0 Å². The zero-order valence-electron chi connectivity index (χ0n) is 10.1. The summed E-state index contributed by atoms with van der Waals surface area (Å²) in [6.07, 6.45) is 0. The summed E-state index contributed by atoms with van der Waals surface area (Å²) >= 11 is 4.80. The lowest BCUT2D eigenvalue weighted by molar-refractivity contribution is 0.585. The van der Waals surface area contributed by atoms with E-state index in [0.717, 1.165) is 21.8 Å². The van der Waals surface area contributed by atoms with E-state index in [1.165, 1.54) is 23.5 Å². The number of hydrogen-bond donors (Lipinski definition) is 0. The van der Waals surface area contributed by atoms with Crippen LogP contribution in [-0.4, -0.2) is 4.98 Å². The van der Waals surface area contributed by atoms with E-state index in [1.807, 2.05) is 29.6 Å². The highest BCUT2D eigenvalue weighted by Gasteiger charge is 2.12. The van der Waals surface area contributed by atoms with E-state index in [4.69, 9.17) is 0 Å². The summed E-state index contributed by atoms with van der Waals surface area (Å²) in [6.45, 7) is 0. The molecule has 1 heterocycles. The van der Waals surface area contributed by atoms with E-state index >= 15 is 0 Å². The average molecular weight is 352 g/mol. The monoisotopic (exact) mass is 351 g/mol. The minimum Gasteiger partial charge on any atom is -0.236 e. The van der Waals surface area contributed by atoms with Crippen LogP contribution in [0.5, 0.6) is 0 Å².